The molecule has 0 aliphatic heterocycles. The lowest BCUT2D eigenvalue weighted by Crippen LogP contribution is -2.23. The maximum atomic E-state index is 13.0. The van der Waals surface area contributed by atoms with Crippen LogP contribution in [0.15, 0.2) is 18.2 Å². The van der Waals surface area contributed by atoms with Gasteiger partial charge in [-0.2, -0.15) is 0 Å². The van der Waals surface area contributed by atoms with Crippen molar-refractivity contribution < 1.29 is 9.18 Å². The smallest absolute Gasteiger partial charge is 0.223 e. The van der Waals surface area contributed by atoms with Gasteiger partial charge < -0.3 is 10.2 Å². The summed E-state index contributed by atoms with van der Waals surface area (Å²) in [6.07, 6.45) is 0.414. The van der Waals surface area contributed by atoms with Crippen LogP contribution in [0.3, 0.4) is 0 Å². The molecule has 0 saturated heterocycles. The number of thiazole rings is 1. The molecule has 1 N–H and O–H groups in total. The number of nitrogens with one attached hydrogen (secondary N) is 1. The summed E-state index contributed by atoms with van der Waals surface area (Å²) in [5.41, 5.74) is 0.767. The van der Waals surface area contributed by atoms with Gasteiger partial charge in [0.15, 0.2) is 5.13 Å². The first-order chi connectivity index (χ1) is 8.56. The van der Waals surface area contributed by atoms with Crippen LogP contribution in [-0.4, -0.2) is 36.4 Å². The highest BCUT2D eigenvalue weighted by atomic mass is 32.1. The summed E-state index contributed by atoms with van der Waals surface area (Å²) in [7, 11) is 3.45. The number of amides is 1. The Labute approximate surface area is 108 Å². The van der Waals surface area contributed by atoms with Gasteiger partial charge in [-0.1, -0.05) is 11.3 Å². The van der Waals surface area contributed by atoms with E-state index in [1.165, 1.54) is 23.5 Å². The number of nitrogens with zero attached hydrogens (tertiary/aromatic N) is 2. The molecule has 0 atom stereocenters. The van der Waals surface area contributed by atoms with Gasteiger partial charge in [-0.05, 0) is 18.2 Å². The van der Waals surface area contributed by atoms with Crippen LogP contribution in [0.4, 0.5) is 9.52 Å². The predicted molar refractivity (Wildman–Crippen MR) is 71.4 cm³/mol. The number of hydrogen-bond acceptors (Lipinski definition) is 4. The molecule has 1 heterocycles. The average molecular weight is 267 g/mol. The SMILES string of the molecule is CN(C)C(=O)CCNc1nc2ccc(F)cc2s1. The largest absolute Gasteiger partial charge is 0.361 e. The van der Waals surface area contributed by atoms with E-state index >= 15 is 0 Å². The quantitative estimate of drug-likeness (QED) is 0.924. The van der Waals surface area contributed by atoms with Crippen LogP contribution in [-0.2, 0) is 4.79 Å². The van der Waals surface area contributed by atoms with Gasteiger partial charge in [-0.25, -0.2) is 9.37 Å². The summed E-state index contributed by atoms with van der Waals surface area (Å²) in [4.78, 5) is 17.2. The van der Waals surface area contributed by atoms with Crippen LogP contribution in [0.2, 0.25) is 0 Å². The van der Waals surface area contributed by atoms with E-state index in [-0.39, 0.29) is 11.7 Å². The maximum Gasteiger partial charge on any atom is 0.223 e. The fourth-order valence-corrected chi connectivity index (χ4v) is 2.39. The summed E-state index contributed by atoms with van der Waals surface area (Å²) < 4.78 is 13.8. The molecule has 0 aliphatic rings. The first-order valence-corrected chi connectivity index (χ1v) is 6.38. The zero-order valence-corrected chi connectivity index (χ0v) is 11.1. The van der Waals surface area contributed by atoms with Crippen molar-refractivity contribution in [1.29, 1.82) is 0 Å². The first-order valence-electron chi connectivity index (χ1n) is 5.56. The Bertz CT molecular complexity index is 567. The van der Waals surface area contributed by atoms with Gasteiger partial charge in [-0.3, -0.25) is 4.79 Å². The van der Waals surface area contributed by atoms with Gasteiger partial charge in [0.25, 0.3) is 0 Å². The third-order valence-corrected chi connectivity index (χ3v) is 3.44. The molecule has 96 valence electrons. The Morgan fingerprint density at radius 1 is 1.50 bits per heavy atom. The molecule has 2 aromatic rings. The molecule has 6 heteroatoms. The van der Waals surface area contributed by atoms with Gasteiger partial charge in [-0.15, -0.1) is 0 Å². The Kier molecular flexibility index (Phi) is 3.76. The topological polar surface area (TPSA) is 45.2 Å². The third kappa shape index (κ3) is 2.95. The second-order valence-electron chi connectivity index (χ2n) is 4.10. The number of halogens is 1. The molecule has 2 rings (SSSR count). The van der Waals surface area contributed by atoms with Crippen LogP contribution in [0.25, 0.3) is 10.2 Å². The van der Waals surface area contributed by atoms with Crippen molar-refractivity contribution in [3.63, 3.8) is 0 Å². The standard InChI is InChI=1S/C12H14FN3OS/c1-16(2)11(17)5-6-14-12-15-9-4-3-8(13)7-10(9)18-12/h3-4,7H,5-6H2,1-2H3,(H,14,15). The second kappa shape index (κ2) is 5.30. The van der Waals surface area contributed by atoms with Crippen molar-refractivity contribution in [3.05, 3.63) is 24.0 Å². The molecule has 0 unspecified atom stereocenters. The molecule has 4 nitrogen and oxygen atoms in total. The van der Waals surface area contributed by atoms with E-state index in [1.807, 2.05) is 0 Å². The van der Waals surface area contributed by atoms with Crippen LogP contribution >= 0.6 is 11.3 Å². The fraction of sp³-hybridized carbons (Fsp3) is 0.333. The number of hydrogen-bond donors (Lipinski definition) is 1. The second-order valence-corrected chi connectivity index (χ2v) is 5.13. The Morgan fingerprint density at radius 3 is 3.00 bits per heavy atom. The number of anilines is 1. The number of benzene rings is 1. The summed E-state index contributed by atoms with van der Waals surface area (Å²) in [6, 6.07) is 4.50. The summed E-state index contributed by atoms with van der Waals surface area (Å²) >= 11 is 1.38. The molecule has 0 spiro atoms. The zero-order valence-electron chi connectivity index (χ0n) is 10.2. The average Bonchev–Trinajstić information content (AvgIpc) is 2.70. The van der Waals surface area contributed by atoms with E-state index in [1.54, 1.807) is 25.1 Å². The first kappa shape index (κ1) is 12.8. The van der Waals surface area contributed by atoms with Gasteiger partial charge in [0.2, 0.25) is 5.91 Å². The summed E-state index contributed by atoms with van der Waals surface area (Å²) in [5, 5.41) is 3.79. The summed E-state index contributed by atoms with van der Waals surface area (Å²) in [5.74, 6) is -0.199. The fourth-order valence-electron chi connectivity index (χ4n) is 1.47. The van der Waals surface area contributed by atoms with Crippen molar-refractivity contribution in [2.24, 2.45) is 0 Å². The number of carbonyl (C=O) groups excluding carboxylic acids is 1. The highest BCUT2D eigenvalue weighted by Crippen LogP contribution is 2.26. The zero-order chi connectivity index (χ0) is 13.1. The lowest BCUT2D eigenvalue weighted by Gasteiger charge is -2.09. The maximum absolute atomic E-state index is 13.0. The molecule has 0 bridgehead atoms. The van der Waals surface area contributed by atoms with E-state index in [9.17, 15) is 9.18 Å². The van der Waals surface area contributed by atoms with Crippen molar-refractivity contribution in [2.45, 2.75) is 6.42 Å². The normalized spacial score (nSPS) is 10.6. The molecular weight excluding hydrogens is 253 g/mol. The van der Waals surface area contributed by atoms with Crippen molar-refractivity contribution in [3.8, 4) is 0 Å². The lowest BCUT2D eigenvalue weighted by molar-refractivity contribution is -0.128. The van der Waals surface area contributed by atoms with E-state index in [2.05, 4.69) is 10.3 Å². The Morgan fingerprint density at radius 2 is 2.28 bits per heavy atom. The third-order valence-electron chi connectivity index (χ3n) is 2.46. The van der Waals surface area contributed by atoms with E-state index in [0.29, 0.717) is 18.1 Å². The monoisotopic (exact) mass is 267 g/mol. The number of rotatable bonds is 4. The lowest BCUT2D eigenvalue weighted by atomic mass is 10.3. The number of carbonyl (C=O) groups is 1. The number of fused-ring (bicyclic) bond motifs is 1. The Balaban J connectivity index is 1.98. The van der Waals surface area contributed by atoms with Gasteiger partial charge in [0.1, 0.15) is 5.82 Å². The van der Waals surface area contributed by atoms with Gasteiger partial charge >= 0.3 is 0 Å². The van der Waals surface area contributed by atoms with Gasteiger partial charge in [0, 0.05) is 27.1 Å². The minimum Gasteiger partial charge on any atom is -0.361 e. The molecule has 0 radical (unpaired) electrons. The molecule has 0 saturated carbocycles. The molecule has 1 amide bonds. The van der Waals surface area contributed by atoms with Crippen molar-refractivity contribution >= 4 is 32.6 Å². The van der Waals surface area contributed by atoms with Crippen LogP contribution < -0.4 is 5.32 Å². The Hall–Kier alpha value is -1.69. The minimum absolute atomic E-state index is 0.0645. The predicted octanol–water partition coefficient (Wildman–Crippen LogP) is 2.33. The summed E-state index contributed by atoms with van der Waals surface area (Å²) in [6.45, 7) is 0.527. The van der Waals surface area contributed by atoms with E-state index in [0.717, 1.165) is 10.2 Å². The highest BCUT2D eigenvalue weighted by molar-refractivity contribution is 7.22. The highest BCUT2D eigenvalue weighted by Gasteiger charge is 2.06. The van der Waals surface area contributed by atoms with Crippen molar-refractivity contribution in [1.82, 2.24) is 9.88 Å². The number of aromatic nitrogens is 1. The van der Waals surface area contributed by atoms with Gasteiger partial charge in [0.05, 0.1) is 10.2 Å². The molecule has 1 aromatic carbocycles. The van der Waals surface area contributed by atoms with E-state index < -0.39 is 0 Å². The molecule has 0 fully saturated rings. The molecule has 0 aliphatic carbocycles. The molecule has 1 aromatic heterocycles. The van der Waals surface area contributed by atoms with Crippen LogP contribution in [0.1, 0.15) is 6.42 Å². The van der Waals surface area contributed by atoms with E-state index in [4.69, 9.17) is 0 Å². The van der Waals surface area contributed by atoms with Crippen LogP contribution in [0.5, 0.6) is 0 Å². The molecule has 18 heavy (non-hydrogen) atoms. The van der Waals surface area contributed by atoms with Crippen LogP contribution in [0, 0.1) is 5.82 Å². The van der Waals surface area contributed by atoms with Crippen molar-refractivity contribution in [2.75, 3.05) is 26.0 Å². The minimum atomic E-state index is -0.263. The molecular formula is C12H14FN3OS.